The Morgan fingerprint density at radius 2 is 2.36 bits per heavy atom. The van der Waals surface area contributed by atoms with Crippen molar-refractivity contribution in [3.05, 3.63) is 34.3 Å². The van der Waals surface area contributed by atoms with E-state index in [-0.39, 0.29) is 5.76 Å². The largest absolute Gasteiger partial charge is 0.419 e. The van der Waals surface area contributed by atoms with Crippen molar-refractivity contribution in [2.75, 3.05) is 0 Å². The Labute approximate surface area is 85.2 Å². The number of hydrogen-bond donors (Lipinski definition) is 1. The first kappa shape index (κ1) is 9.30. The van der Waals surface area contributed by atoms with Crippen LogP contribution in [0.3, 0.4) is 0 Å². The SMILES string of the molecule is Cn1c(=O)oc2ccc(CNCl)cc21. The second kappa shape index (κ2) is 3.48. The zero-order valence-electron chi connectivity index (χ0n) is 7.58. The van der Waals surface area contributed by atoms with E-state index in [0.717, 1.165) is 11.1 Å². The smallest absolute Gasteiger partial charge is 0.408 e. The summed E-state index contributed by atoms with van der Waals surface area (Å²) in [5, 5.41) is 0. The van der Waals surface area contributed by atoms with Crippen molar-refractivity contribution in [3.8, 4) is 0 Å². The first-order valence-electron chi connectivity index (χ1n) is 4.14. The van der Waals surface area contributed by atoms with Gasteiger partial charge in [-0.3, -0.25) is 4.57 Å². The summed E-state index contributed by atoms with van der Waals surface area (Å²) in [6.07, 6.45) is 0. The Balaban J connectivity index is 2.63. The molecule has 0 saturated heterocycles. The van der Waals surface area contributed by atoms with Crippen LogP contribution in [0.4, 0.5) is 0 Å². The van der Waals surface area contributed by atoms with Gasteiger partial charge in [0.15, 0.2) is 5.58 Å². The fraction of sp³-hybridized carbons (Fsp3) is 0.222. The van der Waals surface area contributed by atoms with Crippen LogP contribution in [0.25, 0.3) is 11.1 Å². The van der Waals surface area contributed by atoms with Crippen molar-refractivity contribution < 1.29 is 4.42 Å². The summed E-state index contributed by atoms with van der Waals surface area (Å²) >= 11 is 5.39. The molecule has 0 atom stereocenters. The van der Waals surface area contributed by atoms with Gasteiger partial charge in [0.25, 0.3) is 0 Å². The average Bonchev–Trinajstić information content (AvgIpc) is 2.45. The van der Waals surface area contributed by atoms with Gasteiger partial charge >= 0.3 is 5.76 Å². The lowest BCUT2D eigenvalue weighted by Crippen LogP contribution is -2.08. The predicted octanol–water partition coefficient (Wildman–Crippen LogP) is 1.37. The maximum atomic E-state index is 11.2. The lowest BCUT2D eigenvalue weighted by molar-refractivity contribution is 0.528. The Morgan fingerprint density at radius 3 is 3.07 bits per heavy atom. The summed E-state index contributed by atoms with van der Waals surface area (Å²) in [6.45, 7) is 0.552. The normalized spacial score (nSPS) is 11.0. The molecule has 1 heterocycles. The number of hydrogen-bond acceptors (Lipinski definition) is 3. The van der Waals surface area contributed by atoms with E-state index in [9.17, 15) is 4.79 Å². The van der Waals surface area contributed by atoms with E-state index in [4.69, 9.17) is 16.2 Å². The van der Waals surface area contributed by atoms with E-state index in [0.29, 0.717) is 12.1 Å². The molecule has 0 aliphatic carbocycles. The Kier molecular flexibility index (Phi) is 2.31. The molecule has 2 rings (SSSR count). The van der Waals surface area contributed by atoms with Gasteiger partial charge in [0, 0.05) is 13.6 Å². The van der Waals surface area contributed by atoms with Crippen LogP contribution in [0.2, 0.25) is 0 Å². The number of nitrogens with zero attached hydrogens (tertiary/aromatic N) is 1. The van der Waals surface area contributed by atoms with Crippen LogP contribution >= 0.6 is 11.8 Å². The number of aryl methyl sites for hydroxylation is 1. The van der Waals surface area contributed by atoms with Crippen LogP contribution in [-0.2, 0) is 13.6 Å². The number of fused-ring (bicyclic) bond motifs is 1. The molecule has 1 aromatic carbocycles. The van der Waals surface area contributed by atoms with E-state index in [1.165, 1.54) is 4.57 Å². The standard InChI is InChI=1S/C9H9ClN2O2/c1-12-7-4-6(5-11-10)2-3-8(7)14-9(12)13/h2-4,11H,5H2,1H3. The number of rotatable bonds is 2. The van der Waals surface area contributed by atoms with Gasteiger partial charge in [-0.05, 0) is 29.5 Å². The molecule has 0 fully saturated rings. The molecule has 0 aliphatic rings. The number of benzene rings is 1. The van der Waals surface area contributed by atoms with Crippen molar-refractivity contribution in [1.29, 1.82) is 0 Å². The molecule has 0 amide bonds. The maximum absolute atomic E-state index is 11.2. The molecule has 2 aromatic rings. The fourth-order valence-electron chi connectivity index (χ4n) is 1.36. The van der Waals surface area contributed by atoms with Gasteiger partial charge < -0.3 is 4.42 Å². The number of halogens is 1. The van der Waals surface area contributed by atoms with Gasteiger partial charge in [0.1, 0.15) is 0 Å². The molecule has 0 saturated carbocycles. The van der Waals surface area contributed by atoms with E-state index >= 15 is 0 Å². The molecule has 0 spiro atoms. The quantitative estimate of drug-likeness (QED) is 0.765. The molecule has 5 heteroatoms. The van der Waals surface area contributed by atoms with Crippen LogP contribution in [-0.4, -0.2) is 4.57 Å². The molecule has 0 unspecified atom stereocenters. The minimum Gasteiger partial charge on any atom is -0.408 e. The second-order valence-corrected chi connectivity index (χ2v) is 3.31. The molecule has 0 bridgehead atoms. The first-order valence-corrected chi connectivity index (χ1v) is 4.52. The number of aromatic nitrogens is 1. The van der Waals surface area contributed by atoms with Gasteiger partial charge in [0.05, 0.1) is 5.52 Å². The van der Waals surface area contributed by atoms with E-state index in [1.54, 1.807) is 13.1 Å². The third-order valence-electron chi connectivity index (χ3n) is 2.13. The molecule has 1 N–H and O–H groups in total. The summed E-state index contributed by atoms with van der Waals surface area (Å²) in [5.41, 5.74) is 2.37. The number of oxazole rings is 1. The molecule has 0 aliphatic heterocycles. The lowest BCUT2D eigenvalue weighted by Gasteiger charge is -1.98. The summed E-state index contributed by atoms with van der Waals surface area (Å²) in [5.74, 6) is -0.351. The van der Waals surface area contributed by atoms with Crippen LogP contribution in [0.1, 0.15) is 5.56 Å². The fourth-order valence-corrected chi connectivity index (χ4v) is 1.51. The van der Waals surface area contributed by atoms with Gasteiger partial charge in [-0.15, -0.1) is 0 Å². The van der Waals surface area contributed by atoms with Gasteiger partial charge in [-0.2, -0.15) is 0 Å². The van der Waals surface area contributed by atoms with Crippen LogP contribution in [0, 0.1) is 0 Å². The lowest BCUT2D eigenvalue weighted by atomic mass is 10.2. The summed E-state index contributed by atoms with van der Waals surface area (Å²) in [6, 6.07) is 5.50. The van der Waals surface area contributed by atoms with Crippen molar-refractivity contribution >= 4 is 22.9 Å². The number of nitrogens with one attached hydrogen (secondary N) is 1. The summed E-state index contributed by atoms with van der Waals surface area (Å²) in [4.78, 5) is 13.7. The highest BCUT2D eigenvalue weighted by molar-refractivity contribution is 6.13. The van der Waals surface area contributed by atoms with E-state index in [2.05, 4.69) is 4.84 Å². The zero-order chi connectivity index (χ0) is 10.1. The summed E-state index contributed by atoms with van der Waals surface area (Å²) < 4.78 is 6.45. The zero-order valence-corrected chi connectivity index (χ0v) is 8.34. The first-order chi connectivity index (χ1) is 6.72. The van der Waals surface area contributed by atoms with E-state index < -0.39 is 0 Å². The predicted molar refractivity (Wildman–Crippen MR) is 54.1 cm³/mol. The molecule has 4 nitrogen and oxygen atoms in total. The minimum absolute atomic E-state index is 0.351. The highest BCUT2D eigenvalue weighted by atomic mass is 35.5. The maximum Gasteiger partial charge on any atom is 0.419 e. The Bertz CT molecular complexity index is 515. The third-order valence-corrected chi connectivity index (χ3v) is 2.26. The molecular weight excluding hydrogens is 204 g/mol. The minimum atomic E-state index is -0.351. The van der Waals surface area contributed by atoms with Gasteiger partial charge in [-0.25, -0.2) is 9.63 Å². The van der Waals surface area contributed by atoms with Crippen LogP contribution in [0.15, 0.2) is 27.4 Å². The second-order valence-electron chi connectivity index (χ2n) is 3.04. The third kappa shape index (κ3) is 1.42. The van der Waals surface area contributed by atoms with Crippen molar-refractivity contribution in [3.63, 3.8) is 0 Å². The summed E-state index contributed by atoms with van der Waals surface area (Å²) in [7, 11) is 1.67. The van der Waals surface area contributed by atoms with Gasteiger partial charge in [0.2, 0.25) is 0 Å². The molecule has 14 heavy (non-hydrogen) atoms. The van der Waals surface area contributed by atoms with Crippen LogP contribution in [0.5, 0.6) is 0 Å². The molecular formula is C9H9ClN2O2. The highest BCUT2D eigenvalue weighted by Crippen LogP contribution is 2.13. The van der Waals surface area contributed by atoms with Crippen molar-refractivity contribution in [1.82, 2.24) is 9.40 Å². The average molecular weight is 213 g/mol. The Hall–Kier alpha value is -1.26. The van der Waals surface area contributed by atoms with Crippen molar-refractivity contribution in [2.24, 2.45) is 7.05 Å². The van der Waals surface area contributed by atoms with Crippen molar-refractivity contribution in [2.45, 2.75) is 6.54 Å². The van der Waals surface area contributed by atoms with Gasteiger partial charge in [-0.1, -0.05) is 6.07 Å². The monoisotopic (exact) mass is 212 g/mol. The highest BCUT2D eigenvalue weighted by Gasteiger charge is 2.05. The Morgan fingerprint density at radius 1 is 1.57 bits per heavy atom. The van der Waals surface area contributed by atoms with E-state index in [1.807, 2.05) is 12.1 Å². The molecule has 1 aromatic heterocycles. The molecule has 0 radical (unpaired) electrons. The van der Waals surface area contributed by atoms with Crippen LogP contribution < -0.4 is 10.6 Å². The molecule has 74 valence electrons. The topological polar surface area (TPSA) is 47.2 Å².